The topological polar surface area (TPSA) is 334 Å². The SMILES string of the molecule is CC1(C)OB(c2ccc(S(=O)(=O)CC3CCC4(CC3)OCCO4)cc2)OC1(C)C.N#Cc1ccc(-c2ccc(S(=O)(=O)CC3CCC(=O)CC3)cc2)c(F)c1.N#Cc1ccc(-c2ccc(S(=O)(=O)CC3CCC4(CC3)OCCO4)cc2)c(F)c1.N#Cc1ccc(O)c(F)c1.N#Cc1ccc(OS(=O)(=O)C(F)(F)F)c(F)c1. The molecule has 7 aromatic rings. The van der Waals surface area contributed by atoms with E-state index < -0.39 is 110 Å². The minimum Gasteiger partial charge on any atom is -0.505 e. The Morgan fingerprint density at radius 1 is 0.459 bits per heavy atom. The first-order chi connectivity index (χ1) is 52.2. The van der Waals surface area contributed by atoms with E-state index in [1.807, 2.05) is 39.8 Å². The lowest BCUT2D eigenvalue weighted by Crippen LogP contribution is -2.41. The third-order valence-electron chi connectivity index (χ3n) is 20.0. The lowest BCUT2D eigenvalue weighted by molar-refractivity contribution is -0.181. The Kier molecular flexibility index (Phi) is 27.6. The predicted octanol–water partition coefficient (Wildman–Crippen LogP) is 14.0. The Morgan fingerprint density at radius 3 is 1.12 bits per heavy atom. The molecule has 1 N–H and O–H groups in total. The van der Waals surface area contributed by atoms with Crippen molar-refractivity contribution in [3.8, 4) is 58.0 Å². The first-order valence-electron chi connectivity index (χ1n) is 35.1. The maximum atomic E-state index is 14.2. The number of hydrogen-bond acceptors (Lipinski definition) is 21. The third-order valence-corrected chi connectivity index (χ3v) is 26.7. The second-order valence-corrected chi connectivity index (χ2v) is 35.9. The summed E-state index contributed by atoms with van der Waals surface area (Å²) in [5.41, 5.74) is -3.39. The van der Waals surface area contributed by atoms with Crippen LogP contribution >= 0.6 is 0 Å². The molecule has 3 aliphatic carbocycles. The van der Waals surface area contributed by atoms with Gasteiger partial charge in [0.1, 0.15) is 17.4 Å². The molecule has 3 saturated carbocycles. The number of phenolic OH excluding ortho intramolecular Hbond substituents is 1. The van der Waals surface area contributed by atoms with Crippen LogP contribution in [0.2, 0.25) is 0 Å². The number of halogens is 7. The van der Waals surface area contributed by atoms with Gasteiger partial charge in [-0.15, -0.1) is 0 Å². The largest absolute Gasteiger partial charge is 0.534 e. The van der Waals surface area contributed by atoms with Crippen molar-refractivity contribution in [3.05, 3.63) is 191 Å². The molecule has 111 heavy (non-hydrogen) atoms. The van der Waals surface area contributed by atoms with Crippen molar-refractivity contribution in [3.63, 3.8) is 0 Å². The van der Waals surface area contributed by atoms with Gasteiger partial charge in [-0.05, 0) is 198 Å². The molecule has 0 unspecified atom stereocenters. The molecule has 33 heteroatoms. The number of ketones is 1. The molecule has 0 atom stereocenters. The van der Waals surface area contributed by atoms with Gasteiger partial charge in [0, 0.05) is 49.7 Å². The van der Waals surface area contributed by atoms with Crippen LogP contribution in [0.15, 0.2) is 160 Å². The van der Waals surface area contributed by atoms with E-state index in [9.17, 15) is 69.2 Å². The van der Waals surface area contributed by atoms with E-state index >= 15 is 0 Å². The summed E-state index contributed by atoms with van der Waals surface area (Å²) in [6.45, 7) is 10.5. The zero-order chi connectivity index (χ0) is 81.0. The van der Waals surface area contributed by atoms with Crippen LogP contribution in [-0.4, -0.2) is 124 Å². The van der Waals surface area contributed by atoms with Gasteiger partial charge in [-0.3, -0.25) is 4.79 Å². The summed E-state index contributed by atoms with van der Waals surface area (Å²) >= 11 is 0. The van der Waals surface area contributed by atoms with Crippen LogP contribution in [0.5, 0.6) is 11.5 Å². The Labute approximate surface area is 640 Å². The summed E-state index contributed by atoms with van der Waals surface area (Å²) in [7, 11) is -16.6. The normalized spacial score (nSPS) is 18.7. The lowest BCUT2D eigenvalue weighted by Gasteiger charge is -2.35. The van der Waals surface area contributed by atoms with Crippen LogP contribution in [0.1, 0.15) is 127 Å². The zero-order valence-corrected chi connectivity index (χ0v) is 63.9. The lowest BCUT2D eigenvalue weighted by atomic mass is 9.79. The van der Waals surface area contributed by atoms with Crippen molar-refractivity contribution in [2.75, 3.05) is 43.7 Å². The van der Waals surface area contributed by atoms with Gasteiger partial charge in [0.05, 0.1) is 116 Å². The standard InChI is InChI=1S/C22H22FNO4S.C21H31BO6S.C20H18FNO3S.C8H3F4NO3S.C7H4FNO/c23-21-13-17(14-24)1-6-20(21)18-2-4-19(5-3-18)29(25,26)15-16-7-9-22(10-8-16)27-11-12-28-22;1-19(2)20(3,4)28-22(27-19)17-5-7-18(8-6-17)29(23,24)15-16-9-11-21(12-10-16)25-13-14-26-21;21-20-11-15(12-22)3-10-19(20)16-4-8-18(9-5-16)26(24,25)13-14-1-6-17(23)7-2-14;9-6-3-5(4-13)1-2-7(6)16-17(14,15)8(10,11)12;8-6-3-5(4-9)1-2-7(6)10/h1-6,13,16H,7-12,15H2;5-8,16H,9-15H2,1-4H3;3-5,8-11,14H,1-2,6-7,13H2;1-3H;1-3,10H. The van der Waals surface area contributed by atoms with Crippen molar-refractivity contribution < 1.29 is 107 Å². The molecule has 6 aliphatic rings. The Morgan fingerprint density at radius 2 is 0.784 bits per heavy atom. The number of aromatic hydroxyl groups is 1. The Bertz CT molecular complexity index is 5130. The minimum absolute atomic E-state index is 0.00773. The van der Waals surface area contributed by atoms with Gasteiger partial charge in [0.15, 0.2) is 64.2 Å². The van der Waals surface area contributed by atoms with Crippen molar-refractivity contribution in [2.45, 2.75) is 148 Å². The monoisotopic (exact) mass is 1610 g/mol. The van der Waals surface area contributed by atoms with Crippen LogP contribution in [0.3, 0.4) is 0 Å². The summed E-state index contributed by atoms with van der Waals surface area (Å²) in [6.07, 6.45) is 8.28. The fraction of sp³-hybridized carbons (Fsp3) is 0.397. The number of sulfone groups is 3. The Hall–Kier alpha value is -9.10. The second kappa shape index (κ2) is 35.7. The van der Waals surface area contributed by atoms with Crippen LogP contribution in [0.25, 0.3) is 22.3 Å². The summed E-state index contributed by atoms with van der Waals surface area (Å²) in [5, 5.41) is 42.9. The Balaban J connectivity index is 0.000000165. The number of carbonyl (C=O) groups excluding carboxylic acids is 1. The van der Waals surface area contributed by atoms with Gasteiger partial charge in [-0.1, -0.05) is 48.5 Å². The fourth-order valence-electron chi connectivity index (χ4n) is 13.0. The molecule has 6 fully saturated rings. The highest BCUT2D eigenvalue weighted by atomic mass is 32.2. The van der Waals surface area contributed by atoms with Gasteiger partial charge >= 0.3 is 22.7 Å². The summed E-state index contributed by atoms with van der Waals surface area (Å²) in [5.74, 6) is -4.96. The van der Waals surface area contributed by atoms with E-state index in [-0.39, 0.29) is 72.8 Å². The second-order valence-electron chi connectivity index (χ2n) is 28.3. The molecule has 7 aromatic carbocycles. The molecule has 3 saturated heterocycles. The van der Waals surface area contributed by atoms with Crippen LogP contribution in [-0.2, 0) is 72.7 Å². The highest BCUT2D eigenvalue weighted by Crippen LogP contribution is 2.42. The smallest absolute Gasteiger partial charge is 0.505 e. The van der Waals surface area contributed by atoms with Crippen molar-refractivity contribution in [1.29, 1.82) is 21.0 Å². The van der Waals surface area contributed by atoms with Gasteiger partial charge in [0.2, 0.25) is 0 Å². The van der Waals surface area contributed by atoms with E-state index in [0.29, 0.717) is 91.4 Å². The maximum Gasteiger partial charge on any atom is 0.534 e. The van der Waals surface area contributed by atoms with Gasteiger partial charge in [-0.2, -0.15) is 42.6 Å². The number of rotatable bonds is 14. The molecule has 13 rings (SSSR count). The van der Waals surface area contributed by atoms with Crippen LogP contribution in [0, 0.1) is 86.3 Å². The number of carbonyl (C=O) groups is 1. The first-order valence-corrected chi connectivity index (χ1v) is 41.5. The first kappa shape index (κ1) is 85.9. The minimum atomic E-state index is -5.92. The molecule has 0 amide bonds. The predicted molar refractivity (Wildman–Crippen MR) is 391 cm³/mol. The number of ether oxygens (including phenoxy) is 4. The van der Waals surface area contributed by atoms with Gasteiger partial charge in [0.25, 0.3) is 0 Å². The average Bonchev–Trinajstić information content (AvgIpc) is 1.66. The number of alkyl halides is 3. The number of nitrogens with zero attached hydrogens (tertiary/aromatic N) is 4. The summed E-state index contributed by atoms with van der Waals surface area (Å²) in [6, 6.07) is 40.3. The van der Waals surface area contributed by atoms with E-state index in [4.69, 9.17) is 54.4 Å². The number of Topliss-reactive ketones (excluding diaryl/α,β-unsaturated/α-hetero) is 1. The molecule has 2 spiro atoms. The molecule has 3 aliphatic heterocycles. The molecule has 588 valence electrons. The van der Waals surface area contributed by atoms with E-state index in [2.05, 4.69) is 4.18 Å². The fourth-order valence-corrected chi connectivity index (χ4v) is 18.6. The van der Waals surface area contributed by atoms with Gasteiger partial charge in [-0.25, -0.2) is 42.8 Å². The van der Waals surface area contributed by atoms with Crippen LogP contribution < -0.4 is 9.65 Å². The number of hydrogen-bond donors (Lipinski definition) is 1. The molecular weight excluding hydrogens is 1540 g/mol. The molecule has 0 aromatic heterocycles. The third kappa shape index (κ3) is 22.2. The highest BCUT2D eigenvalue weighted by Gasteiger charge is 2.52. The number of phenols is 1. The summed E-state index contributed by atoms with van der Waals surface area (Å²) in [4.78, 5) is 12.1. The highest BCUT2D eigenvalue weighted by molar-refractivity contribution is 7.92. The molecule has 0 bridgehead atoms. The van der Waals surface area contributed by atoms with E-state index in [1.54, 1.807) is 54.6 Å². The molecule has 3 heterocycles. The van der Waals surface area contributed by atoms with E-state index in [1.165, 1.54) is 66.7 Å². The summed E-state index contributed by atoms with van der Waals surface area (Å²) < 4.78 is 226. The quantitative estimate of drug-likeness (QED) is 0.0457. The van der Waals surface area contributed by atoms with Gasteiger partial charge < -0.3 is 37.5 Å². The maximum absolute atomic E-state index is 14.2. The van der Waals surface area contributed by atoms with Crippen molar-refractivity contribution in [2.24, 2.45) is 17.8 Å². The zero-order valence-electron chi connectivity index (χ0n) is 60.6. The van der Waals surface area contributed by atoms with Crippen molar-refractivity contribution in [1.82, 2.24) is 0 Å². The molecule has 21 nitrogen and oxygen atoms in total. The van der Waals surface area contributed by atoms with E-state index in [0.717, 1.165) is 81.1 Å². The molecule has 0 radical (unpaired) electrons. The average molecular weight is 1620 g/mol. The van der Waals surface area contributed by atoms with Crippen molar-refractivity contribution >= 4 is 58.0 Å². The number of nitriles is 4. The molecular formula is C78H78BF7N4O17S4. The van der Waals surface area contributed by atoms with Crippen LogP contribution in [0.4, 0.5) is 30.7 Å². The number of benzene rings is 7.